The quantitative estimate of drug-likeness (QED) is 0.836. The average molecular weight is 267 g/mol. The molecule has 1 heterocycles. The van der Waals surface area contributed by atoms with Crippen molar-refractivity contribution < 1.29 is 14.7 Å². The number of carbonyl (C=O) groups is 2. The Kier molecular flexibility index (Phi) is 4.48. The van der Waals surface area contributed by atoms with Crippen molar-refractivity contribution in [3.05, 3.63) is 0 Å². The van der Waals surface area contributed by atoms with Gasteiger partial charge in [-0.2, -0.15) is 0 Å². The fraction of sp³-hybridized carbons (Fsp3) is 0.867. The van der Waals surface area contributed by atoms with Crippen LogP contribution in [-0.4, -0.2) is 34.5 Å². The molecule has 2 fully saturated rings. The molecule has 4 heteroatoms. The molecule has 19 heavy (non-hydrogen) atoms. The molecule has 0 aromatic carbocycles. The maximum Gasteiger partial charge on any atom is 0.306 e. The number of carboxylic acid groups (broad SMARTS) is 1. The fourth-order valence-corrected chi connectivity index (χ4v) is 3.47. The lowest BCUT2D eigenvalue weighted by atomic mass is 9.81. The molecule has 2 unspecified atom stereocenters. The third-order valence-electron chi connectivity index (χ3n) is 4.87. The summed E-state index contributed by atoms with van der Waals surface area (Å²) < 4.78 is 0. The van der Waals surface area contributed by atoms with Gasteiger partial charge in [-0.25, -0.2) is 0 Å². The van der Waals surface area contributed by atoms with E-state index < -0.39 is 5.97 Å². The van der Waals surface area contributed by atoms with Crippen LogP contribution in [0.5, 0.6) is 0 Å². The number of rotatable bonds is 2. The molecule has 1 saturated carbocycles. The van der Waals surface area contributed by atoms with Gasteiger partial charge in [0.2, 0.25) is 5.91 Å². The van der Waals surface area contributed by atoms with E-state index in [0.717, 1.165) is 31.6 Å². The van der Waals surface area contributed by atoms with Crippen LogP contribution in [0.3, 0.4) is 0 Å². The van der Waals surface area contributed by atoms with Crippen molar-refractivity contribution in [1.82, 2.24) is 4.90 Å². The molecular weight excluding hydrogens is 242 g/mol. The summed E-state index contributed by atoms with van der Waals surface area (Å²) in [5, 5.41) is 9.06. The summed E-state index contributed by atoms with van der Waals surface area (Å²) in [5.74, 6) is 0.207. The van der Waals surface area contributed by atoms with Gasteiger partial charge >= 0.3 is 5.97 Å². The van der Waals surface area contributed by atoms with E-state index in [4.69, 9.17) is 5.11 Å². The van der Waals surface area contributed by atoms with Crippen LogP contribution in [0, 0.1) is 17.8 Å². The van der Waals surface area contributed by atoms with Crippen molar-refractivity contribution >= 4 is 11.9 Å². The van der Waals surface area contributed by atoms with E-state index in [0.29, 0.717) is 19.4 Å². The largest absolute Gasteiger partial charge is 0.481 e. The van der Waals surface area contributed by atoms with Crippen LogP contribution in [0.4, 0.5) is 0 Å². The molecule has 4 nitrogen and oxygen atoms in total. The van der Waals surface area contributed by atoms with Gasteiger partial charge in [-0.1, -0.05) is 6.92 Å². The molecule has 1 aliphatic carbocycles. The van der Waals surface area contributed by atoms with E-state index in [1.165, 1.54) is 0 Å². The van der Waals surface area contributed by atoms with E-state index in [1.54, 1.807) is 0 Å². The monoisotopic (exact) mass is 267 g/mol. The molecule has 1 saturated heterocycles. The molecule has 2 atom stereocenters. The van der Waals surface area contributed by atoms with Gasteiger partial charge in [0.25, 0.3) is 0 Å². The van der Waals surface area contributed by atoms with Gasteiger partial charge in [0.15, 0.2) is 0 Å². The average Bonchev–Trinajstić information content (AvgIpc) is 2.38. The van der Waals surface area contributed by atoms with Crippen molar-refractivity contribution in [3.8, 4) is 0 Å². The number of likely N-dealkylation sites (tertiary alicyclic amines) is 1. The van der Waals surface area contributed by atoms with Crippen LogP contribution in [-0.2, 0) is 9.59 Å². The summed E-state index contributed by atoms with van der Waals surface area (Å²) >= 11 is 0. The molecular formula is C15H25NO3. The summed E-state index contributed by atoms with van der Waals surface area (Å²) in [5.41, 5.74) is 0. The van der Waals surface area contributed by atoms with E-state index in [9.17, 15) is 9.59 Å². The van der Waals surface area contributed by atoms with E-state index in [2.05, 4.69) is 6.92 Å². The fourth-order valence-electron chi connectivity index (χ4n) is 3.47. The predicted molar refractivity (Wildman–Crippen MR) is 72.7 cm³/mol. The second-order valence-electron chi connectivity index (χ2n) is 6.40. The Labute approximate surface area is 115 Å². The molecule has 1 amide bonds. The second-order valence-corrected chi connectivity index (χ2v) is 6.40. The highest BCUT2D eigenvalue weighted by atomic mass is 16.4. The van der Waals surface area contributed by atoms with Gasteiger partial charge in [-0.3, -0.25) is 9.59 Å². The van der Waals surface area contributed by atoms with Gasteiger partial charge in [-0.05, 0) is 51.4 Å². The van der Waals surface area contributed by atoms with E-state index >= 15 is 0 Å². The Morgan fingerprint density at radius 2 is 1.63 bits per heavy atom. The summed E-state index contributed by atoms with van der Waals surface area (Å²) in [7, 11) is 0. The van der Waals surface area contributed by atoms with Crippen LogP contribution in [0.25, 0.3) is 0 Å². The highest BCUT2D eigenvalue weighted by Gasteiger charge is 2.35. The molecule has 1 aliphatic heterocycles. The lowest BCUT2D eigenvalue weighted by molar-refractivity contribution is -0.149. The smallest absolute Gasteiger partial charge is 0.306 e. The normalized spacial score (nSPS) is 36.0. The minimum Gasteiger partial charge on any atom is -0.481 e. The highest BCUT2D eigenvalue weighted by molar-refractivity contribution is 5.80. The molecule has 0 aromatic heterocycles. The summed E-state index contributed by atoms with van der Waals surface area (Å²) in [4.78, 5) is 25.5. The lowest BCUT2D eigenvalue weighted by Crippen LogP contribution is -2.48. The molecule has 0 spiro atoms. The third kappa shape index (κ3) is 3.28. The summed E-state index contributed by atoms with van der Waals surface area (Å²) in [6, 6.07) is 0.0710. The number of aliphatic carboxylic acids is 1. The Hall–Kier alpha value is -1.06. The van der Waals surface area contributed by atoms with Crippen molar-refractivity contribution in [3.63, 3.8) is 0 Å². The van der Waals surface area contributed by atoms with Gasteiger partial charge < -0.3 is 10.0 Å². The van der Waals surface area contributed by atoms with Gasteiger partial charge in [0.1, 0.15) is 0 Å². The van der Waals surface area contributed by atoms with Crippen LogP contribution < -0.4 is 0 Å². The Morgan fingerprint density at radius 3 is 2.16 bits per heavy atom. The Morgan fingerprint density at radius 1 is 1.00 bits per heavy atom. The predicted octanol–water partition coefficient (Wildman–Crippen LogP) is 2.52. The molecule has 2 rings (SSSR count). The van der Waals surface area contributed by atoms with Gasteiger partial charge in [-0.15, -0.1) is 0 Å². The minimum atomic E-state index is -0.717. The maximum absolute atomic E-state index is 12.5. The lowest BCUT2D eigenvalue weighted by Gasteiger charge is -2.39. The Bertz CT molecular complexity index is 347. The number of nitrogens with zero attached hydrogens (tertiary/aromatic N) is 1. The number of carbonyl (C=O) groups excluding carboxylic acids is 1. The second kappa shape index (κ2) is 5.93. The van der Waals surface area contributed by atoms with Crippen molar-refractivity contribution in [1.29, 1.82) is 0 Å². The van der Waals surface area contributed by atoms with Crippen LogP contribution >= 0.6 is 0 Å². The van der Waals surface area contributed by atoms with Gasteiger partial charge in [0.05, 0.1) is 5.92 Å². The zero-order valence-corrected chi connectivity index (χ0v) is 12.0. The SMILES string of the molecule is CC1CCC(C(=O)N2CCC(C(=O)O)CC2C)CC1. The first-order valence-corrected chi connectivity index (χ1v) is 7.52. The first-order valence-electron chi connectivity index (χ1n) is 7.52. The number of hydrogen-bond donors (Lipinski definition) is 1. The van der Waals surface area contributed by atoms with Crippen molar-refractivity contribution in [2.45, 2.75) is 58.4 Å². The third-order valence-corrected chi connectivity index (χ3v) is 4.87. The number of piperidine rings is 1. The zero-order chi connectivity index (χ0) is 14.0. The van der Waals surface area contributed by atoms with Gasteiger partial charge in [0, 0.05) is 18.5 Å². The maximum atomic E-state index is 12.5. The van der Waals surface area contributed by atoms with E-state index in [1.807, 2.05) is 11.8 Å². The number of amides is 1. The number of carboxylic acids is 1. The van der Waals surface area contributed by atoms with Crippen LogP contribution in [0.1, 0.15) is 52.4 Å². The molecule has 108 valence electrons. The first-order chi connectivity index (χ1) is 8.99. The standard InChI is InChI=1S/C15H25NO3/c1-10-3-5-12(6-4-10)14(17)16-8-7-13(15(18)19)9-11(16)2/h10-13H,3-9H2,1-2H3,(H,18,19). The minimum absolute atomic E-state index is 0.0710. The van der Waals surface area contributed by atoms with E-state index in [-0.39, 0.29) is 23.8 Å². The molecule has 0 aromatic rings. The van der Waals surface area contributed by atoms with Crippen molar-refractivity contribution in [2.24, 2.45) is 17.8 Å². The molecule has 1 N–H and O–H groups in total. The van der Waals surface area contributed by atoms with Crippen LogP contribution in [0.15, 0.2) is 0 Å². The Balaban J connectivity index is 1.91. The molecule has 0 bridgehead atoms. The molecule has 0 radical (unpaired) electrons. The molecule has 2 aliphatic rings. The zero-order valence-electron chi connectivity index (χ0n) is 12.0. The topological polar surface area (TPSA) is 57.6 Å². The van der Waals surface area contributed by atoms with Crippen LogP contribution in [0.2, 0.25) is 0 Å². The summed E-state index contributed by atoms with van der Waals surface area (Å²) in [6.45, 7) is 4.85. The summed E-state index contributed by atoms with van der Waals surface area (Å²) in [6.07, 6.45) is 5.52. The number of hydrogen-bond acceptors (Lipinski definition) is 2. The first kappa shape index (κ1) is 14.4. The van der Waals surface area contributed by atoms with Crippen molar-refractivity contribution in [2.75, 3.05) is 6.54 Å². The highest BCUT2D eigenvalue weighted by Crippen LogP contribution is 2.32.